The number of amides is 1. The topological polar surface area (TPSA) is 52.6 Å². The van der Waals surface area contributed by atoms with E-state index in [0.717, 1.165) is 23.4 Å². The summed E-state index contributed by atoms with van der Waals surface area (Å²) in [7, 11) is 0. The van der Waals surface area contributed by atoms with Gasteiger partial charge in [-0.1, -0.05) is 24.3 Å². The van der Waals surface area contributed by atoms with Crippen LogP contribution in [-0.2, 0) is 23.4 Å². The standard InChI is InChI=1S/C20H18F6N2O2/c1-12(29)27-16-6-7-17-14(10-16)8-9-28(17)11-13-2-4-15(5-3-13)18(30,19(21,22)23)20(24,25)26/h2-7,10,30H,8-9,11H2,1H3,(H,27,29). The number of halogens is 6. The highest BCUT2D eigenvalue weighted by molar-refractivity contribution is 5.89. The number of anilines is 2. The van der Waals surface area contributed by atoms with Crippen molar-refractivity contribution in [2.24, 2.45) is 0 Å². The molecule has 30 heavy (non-hydrogen) atoms. The first-order valence-electron chi connectivity index (χ1n) is 8.93. The quantitative estimate of drug-likeness (QED) is 0.699. The summed E-state index contributed by atoms with van der Waals surface area (Å²) in [5.41, 5.74) is -3.24. The number of carbonyl (C=O) groups excluding carboxylic acids is 1. The molecule has 2 N–H and O–H groups in total. The molecule has 2 aromatic rings. The number of nitrogens with zero attached hydrogens (tertiary/aromatic N) is 1. The summed E-state index contributed by atoms with van der Waals surface area (Å²) in [6.45, 7) is 2.26. The van der Waals surface area contributed by atoms with E-state index in [9.17, 15) is 36.2 Å². The molecule has 0 bridgehead atoms. The minimum atomic E-state index is -5.91. The Hall–Kier alpha value is -2.75. The molecule has 0 aromatic heterocycles. The maximum atomic E-state index is 13.0. The molecule has 1 aliphatic heterocycles. The number of benzene rings is 2. The molecule has 1 amide bonds. The number of alkyl halides is 6. The van der Waals surface area contributed by atoms with Gasteiger partial charge in [0.25, 0.3) is 5.60 Å². The van der Waals surface area contributed by atoms with E-state index >= 15 is 0 Å². The molecule has 3 rings (SSSR count). The van der Waals surface area contributed by atoms with E-state index in [0.29, 0.717) is 36.3 Å². The van der Waals surface area contributed by atoms with Crippen molar-refractivity contribution < 1.29 is 36.2 Å². The highest BCUT2D eigenvalue weighted by atomic mass is 19.4. The fraction of sp³-hybridized carbons (Fsp3) is 0.350. The van der Waals surface area contributed by atoms with Crippen molar-refractivity contribution in [1.29, 1.82) is 0 Å². The van der Waals surface area contributed by atoms with Gasteiger partial charge in [-0.25, -0.2) is 0 Å². The van der Waals surface area contributed by atoms with Gasteiger partial charge >= 0.3 is 12.4 Å². The van der Waals surface area contributed by atoms with Crippen molar-refractivity contribution in [3.63, 3.8) is 0 Å². The van der Waals surface area contributed by atoms with Crippen LogP contribution in [0.1, 0.15) is 23.6 Å². The van der Waals surface area contributed by atoms with Gasteiger partial charge in [0.05, 0.1) is 0 Å². The number of nitrogens with one attached hydrogen (secondary N) is 1. The number of fused-ring (bicyclic) bond motifs is 1. The lowest BCUT2D eigenvalue weighted by molar-refractivity contribution is -0.376. The number of hydrogen-bond acceptors (Lipinski definition) is 3. The van der Waals surface area contributed by atoms with Gasteiger partial charge in [-0.15, -0.1) is 0 Å². The van der Waals surface area contributed by atoms with Gasteiger partial charge in [0, 0.05) is 37.0 Å². The van der Waals surface area contributed by atoms with Gasteiger partial charge in [0.15, 0.2) is 0 Å². The van der Waals surface area contributed by atoms with Gasteiger partial charge in [0.1, 0.15) is 0 Å². The molecule has 0 fully saturated rings. The molecule has 0 spiro atoms. The first-order chi connectivity index (χ1) is 13.8. The van der Waals surface area contributed by atoms with Crippen LogP contribution in [0.15, 0.2) is 42.5 Å². The van der Waals surface area contributed by atoms with Crippen LogP contribution < -0.4 is 10.2 Å². The zero-order valence-electron chi connectivity index (χ0n) is 15.7. The third kappa shape index (κ3) is 3.96. The second-order valence-corrected chi connectivity index (χ2v) is 7.10. The molecule has 0 radical (unpaired) electrons. The fourth-order valence-electron chi connectivity index (χ4n) is 3.48. The van der Waals surface area contributed by atoms with Crippen LogP contribution in [0.2, 0.25) is 0 Å². The first-order valence-corrected chi connectivity index (χ1v) is 8.93. The summed E-state index contributed by atoms with van der Waals surface area (Å²) in [6.07, 6.45) is -11.1. The molecule has 1 heterocycles. The normalized spacial score (nSPS) is 14.6. The summed E-state index contributed by atoms with van der Waals surface area (Å²) in [4.78, 5) is 13.1. The number of hydrogen-bond donors (Lipinski definition) is 2. The summed E-state index contributed by atoms with van der Waals surface area (Å²) in [6, 6.07) is 8.91. The zero-order chi connectivity index (χ0) is 22.3. The van der Waals surface area contributed by atoms with E-state index < -0.39 is 23.5 Å². The van der Waals surface area contributed by atoms with Crippen molar-refractivity contribution in [3.05, 3.63) is 59.2 Å². The molecule has 0 aliphatic carbocycles. The second kappa shape index (κ2) is 7.50. The van der Waals surface area contributed by atoms with Crippen molar-refractivity contribution in [3.8, 4) is 0 Å². The summed E-state index contributed by atoms with van der Waals surface area (Å²) < 4.78 is 77.9. The lowest BCUT2D eigenvalue weighted by atomic mass is 9.91. The van der Waals surface area contributed by atoms with Crippen molar-refractivity contribution in [2.75, 3.05) is 16.8 Å². The second-order valence-electron chi connectivity index (χ2n) is 7.10. The first kappa shape index (κ1) is 21.9. The highest BCUT2D eigenvalue weighted by Crippen LogP contribution is 2.50. The molecular weight excluding hydrogens is 414 g/mol. The van der Waals surface area contributed by atoms with E-state index in [1.807, 2.05) is 11.0 Å². The van der Waals surface area contributed by atoms with Crippen LogP contribution in [-0.4, -0.2) is 29.9 Å². The Morgan fingerprint density at radius 3 is 2.17 bits per heavy atom. The summed E-state index contributed by atoms with van der Waals surface area (Å²) in [5.74, 6) is -0.206. The van der Waals surface area contributed by atoms with Gasteiger partial charge in [-0.2, -0.15) is 26.3 Å². The van der Waals surface area contributed by atoms with Gasteiger partial charge in [0.2, 0.25) is 5.91 Å². The predicted octanol–water partition coefficient (Wildman–Crippen LogP) is 4.52. The molecule has 0 saturated carbocycles. The predicted molar refractivity (Wildman–Crippen MR) is 97.9 cm³/mol. The largest absolute Gasteiger partial charge is 0.430 e. The minimum absolute atomic E-state index is 0.206. The summed E-state index contributed by atoms with van der Waals surface area (Å²) >= 11 is 0. The van der Waals surface area contributed by atoms with Crippen molar-refractivity contribution in [2.45, 2.75) is 37.8 Å². The molecule has 0 unspecified atom stereocenters. The molecule has 10 heteroatoms. The van der Waals surface area contributed by atoms with Crippen molar-refractivity contribution >= 4 is 17.3 Å². The average Bonchev–Trinajstić information content (AvgIpc) is 3.01. The molecule has 0 atom stereocenters. The van der Waals surface area contributed by atoms with E-state index in [4.69, 9.17) is 0 Å². The van der Waals surface area contributed by atoms with Crippen LogP contribution in [0.25, 0.3) is 0 Å². The molecule has 162 valence electrons. The Labute approximate surface area is 168 Å². The van der Waals surface area contributed by atoms with E-state index in [-0.39, 0.29) is 12.5 Å². The van der Waals surface area contributed by atoms with Gasteiger partial charge in [-0.05, 0) is 35.7 Å². The van der Waals surface area contributed by atoms with E-state index in [2.05, 4.69) is 5.32 Å². The lowest BCUT2D eigenvalue weighted by Crippen LogP contribution is -2.53. The highest BCUT2D eigenvalue weighted by Gasteiger charge is 2.71. The third-order valence-corrected chi connectivity index (χ3v) is 4.96. The number of carbonyl (C=O) groups is 1. The van der Waals surface area contributed by atoms with Gasteiger partial charge < -0.3 is 15.3 Å². The molecule has 0 saturated heterocycles. The van der Waals surface area contributed by atoms with Crippen LogP contribution in [0.3, 0.4) is 0 Å². The molecule has 2 aromatic carbocycles. The van der Waals surface area contributed by atoms with E-state index in [1.165, 1.54) is 6.92 Å². The fourth-order valence-corrected chi connectivity index (χ4v) is 3.48. The smallest absolute Gasteiger partial charge is 0.369 e. The number of rotatable bonds is 4. The Balaban J connectivity index is 1.80. The minimum Gasteiger partial charge on any atom is -0.369 e. The molecule has 1 aliphatic rings. The van der Waals surface area contributed by atoms with Crippen LogP contribution in [0, 0.1) is 0 Å². The third-order valence-electron chi connectivity index (χ3n) is 4.96. The average molecular weight is 432 g/mol. The Bertz CT molecular complexity index is 924. The van der Waals surface area contributed by atoms with Gasteiger partial charge in [-0.3, -0.25) is 4.79 Å². The Kier molecular flexibility index (Phi) is 5.48. The lowest BCUT2D eigenvalue weighted by Gasteiger charge is -2.32. The molecule has 4 nitrogen and oxygen atoms in total. The maximum absolute atomic E-state index is 13.0. The van der Waals surface area contributed by atoms with E-state index in [1.54, 1.807) is 12.1 Å². The van der Waals surface area contributed by atoms with Crippen LogP contribution >= 0.6 is 0 Å². The maximum Gasteiger partial charge on any atom is 0.430 e. The SMILES string of the molecule is CC(=O)Nc1ccc2c(c1)CCN2Cc1ccc(C(O)(C(F)(F)F)C(F)(F)F)cc1. The summed E-state index contributed by atoms with van der Waals surface area (Å²) in [5, 5.41) is 12.1. The van der Waals surface area contributed by atoms with Crippen molar-refractivity contribution in [1.82, 2.24) is 0 Å². The number of aliphatic hydroxyl groups is 1. The van der Waals surface area contributed by atoms with Crippen LogP contribution in [0.5, 0.6) is 0 Å². The Morgan fingerprint density at radius 1 is 1.03 bits per heavy atom. The Morgan fingerprint density at radius 2 is 1.63 bits per heavy atom. The molecular formula is C20H18F6N2O2. The monoisotopic (exact) mass is 432 g/mol. The zero-order valence-corrected chi connectivity index (χ0v) is 15.7. The van der Waals surface area contributed by atoms with Crippen LogP contribution in [0.4, 0.5) is 37.7 Å².